The zero-order valence-corrected chi connectivity index (χ0v) is 17.5. The first-order valence-electron chi connectivity index (χ1n) is 10.5. The number of hydrogen-bond acceptors (Lipinski definition) is 4. The number of thiol groups is 1. The van der Waals surface area contributed by atoms with Crippen LogP contribution in [0.2, 0.25) is 0 Å². The lowest BCUT2D eigenvalue weighted by Gasteiger charge is -2.65. The average Bonchev–Trinajstić information content (AvgIpc) is 3.11. The monoisotopic (exact) mass is 380 g/mol. The summed E-state index contributed by atoms with van der Waals surface area (Å²) in [5.74, 6) is 2.86. The number of ether oxygens (including phenoxy) is 1. The Labute approximate surface area is 164 Å². The van der Waals surface area contributed by atoms with E-state index in [2.05, 4.69) is 19.9 Å². The number of aliphatic hydroxyl groups excluding tert-OH is 2. The fraction of sp³-hybridized carbons (Fsp3) is 0.909. The minimum Gasteiger partial charge on any atom is -0.512 e. The predicted molar refractivity (Wildman–Crippen MR) is 107 cm³/mol. The molecule has 7 atom stereocenters. The van der Waals surface area contributed by atoms with Crippen molar-refractivity contribution in [2.75, 3.05) is 19.0 Å². The molecule has 2 N–H and O–H groups in total. The molecular formula is C22H36O3S. The molecule has 1 aliphatic heterocycles. The summed E-state index contributed by atoms with van der Waals surface area (Å²) in [5, 5.41) is 20.7. The molecule has 148 valence electrons. The number of rotatable bonds is 2. The van der Waals surface area contributed by atoms with Gasteiger partial charge in [-0.15, -0.1) is 0 Å². The summed E-state index contributed by atoms with van der Waals surface area (Å²) in [6.07, 6.45) is 10.0. The third kappa shape index (κ3) is 2.40. The van der Waals surface area contributed by atoms with Gasteiger partial charge >= 0.3 is 0 Å². The number of aliphatic hydroxyl groups is 2. The highest BCUT2D eigenvalue weighted by Crippen LogP contribution is 2.68. The molecule has 0 aromatic carbocycles. The van der Waals surface area contributed by atoms with E-state index in [9.17, 15) is 10.2 Å². The molecule has 3 aliphatic carbocycles. The van der Waals surface area contributed by atoms with E-state index in [0.29, 0.717) is 23.5 Å². The maximum absolute atomic E-state index is 10.7. The molecule has 4 aliphatic rings. The number of allylic oxidation sites excluding steroid dienone is 1. The van der Waals surface area contributed by atoms with Crippen molar-refractivity contribution in [3.63, 3.8) is 0 Å². The van der Waals surface area contributed by atoms with Crippen LogP contribution in [0.5, 0.6) is 0 Å². The molecule has 0 bridgehead atoms. The third-order valence-corrected chi connectivity index (χ3v) is 9.84. The first-order valence-corrected chi connectivity index (χ1v) is 11.2. The average molecular weight is 381 g/mol. The van der Waals surface area contributed by atoms with E-state index >= 15 is 0 Å². The van der Waals surface area contributed by atoms with Gasteiger partial charge in [-0.05, 0) is 79.9 Å². The van der Waals surface area contributed by atoms with Gasteiger partial charge < -0.3 is 14.9 Å². The van der Waals surface area contributed by atoms with E-state index in [1.54, 1.807) is 0 Å². The van der Waals surface area contributed by atoms with Crippen LogP contribution < -0.4 is 0 Å². The normalized spacial score (nSPS) is 53.9. The van der Waals surface area contributed by atoms with Gasteiger partial charge in [-0.3, -0.25) is 0 Å². The maximum atomic E-state index is 10.7. The van der Waals surface area contributed by atoms with Crippen LogP contribution in [0.3, 0.4) is 0 Å². The standard InChI is InChI=1S/C22H36O3S/c1-15-16-5-7-21(14-26)12-18(24)19(2,13-23)11-17(21)20(16,3)8-9-22(15)6-4-10-25-22/h12,15-17,23-24,26H,4-11,13-14H2,1-3H3/t15-,16?,17?,19?,20?,21-,22?/m0/s1. The Morgan fingerprint density at radius 1 is 1.23 bits per heavy atom. The van der Waals surface area contributed by atoms with Crippen molar-refractivity contribution >= 4 is 12.6 Å². The summed E-state index contributed by atoms with van der Waals surface area (Å²) >= 11 is 4.76. The van der Waals surface area contributed by atoms with Gasteiger partial charge in [0.2, 0.25) is 0 Å². The molecule has 0 radical (unpaired) electrons. The molecule has 26 heavy (non-hydrogen) atoms. The van der Waals surface area contributed by atoms with Gasteiger partial charge in [-0.1, -0.05) is 20.8 Å². The molecule has 3 fully saturated rings. The Hall–Kier alpha value is -0.190. The van der Waals surface area contributed by atoms with E-state index in [1.807, 2.05) is 6.92 Å². The van der Waals surface area contributed by atoms with Crippen molar-refractivity contribution < 1.29 is 14.9 Å². The second-order valence-electron chi connectivity index (χ2n) is 10.4. The third-order valence-electron chi connectivity index (χ3n) is 9.25. The maximum Gasteiger partial charge on any atom is 0.0970 e. The molecule has 0 aromatic rings. The summed E-state index contributed by atoms with van der Waals surface area (Å²) in [6.45, 7) is 7.88. The van der Waals surface area contributed by atoms with Crippen LogP contribution in [0.25, 0.3) is 0 Å². The molecule has 5 unspecified atom stereocenters. The van der Waals surface area contributed by atoms with E-state index in [4.69, 9.17) is 17.4 Å². The summed E-state index contributed by atoms with van der Waals surface area (Å²) in [5.41, 5.74) is -0.207. The molecule has 1 heterocycles. The van der Waals surface area contributed by atoms with Crippen molar-refractivity contribution in [3.8, 4) is 0 Å². The van der Waals surface area contributed by atoms with Crippen molar-refractivity contribution in [1.82, 2.24) is 0 Å². The Morgan fingerprint density at radius 3 is 2.62 bits per heavy atom. The first-order chi connectivity index (χ1) is 12.3. The highest BCUT2D eigenvalue weighted by molar-refractivity contribution is 7.80. The highest BCUT2D eigenvalue weighted by atomic mass is 32.1. The predicted octanol–water partition coefficient (Wildman–Crippen LogP) is 4.76. The fourth-order valence-electron chi connectivity index (χ4n) is 7.37. The zero-order valence-electron chi connectivity index (χ0n) is 16.6. The second-order valence-corrected chi connectivity index (χ2v) is 10.7. The summed E-state index contributed by atoms with van der Waals surface area (Å²) in [4.78, 5) is 0. The quantitative estimate of drug-likeness (QED) is 0.606. The van der Waals surface area contributed by atoms with Crippen LogP contribution in [-0.2, 0) is 4.74 Å². The molecule has 0 amide bonds. The second kappa shape index (κ2) is 6.15. The Morgan fingerprint density at radius 2 is 2.00 bits per heavy atom. The van der Waals surface area contributed by atoms with E-state index in [1.165, 1.54) is 25.7 Å². The van der Waals surface area contributed by atoms with E-state index in [0.717, 1.165) is 31.6 Å². The van der Waals surface area contributed by atoms with Gasteiger partial charge in [0.25, 0.3) is 0 Å². The SMILES string of the molecule is C[C@H]1C2CC[C@@]3(CS)C=C(O)C(C)(CO)CC3C2(C)CCC12CCCO2. The van der Waals surface area contributed by atoms with E-state index < -0.39 is 5.41 Å². The number of fused-ring (bicyclic) bond motifs is 3. The van der Waals surface area contributed by atoms with Gasteiger partial charge in [-0.2, -0.15) is 12.6 Å². The molecule has 4 rings (SSSR count). The van der Waals surface area contributed by atoms with Crippen LogP contribution >= 0.6 is 12.6 Å². The molecule has 0 aromatic heterocycles. The molecular weight excluding hydrogens is 344 g/mol. The van der Waals surface area contributed by atoms with E-state index in [-0.39, 0.29) is 23.0 Å². The summed E-state index contributed by atoms with van der Waals surface area (Å²) < 4.78 is 6.35. The Kier molecular flexibility index (Phi) is 4.53. The van der Waals surface area contributed by atoms with Crippen molar-refractivity contribution in [2.24, 2.45) is 34.0 Å². The number of hydrogen-bond donors (Lipinski definition) is 3. The van der Waals surface area contributed by atoms with Gasteiger partial charge in [0, 0.05) is 17.4 Å². The Bertz CT molecular complexity index is 598. The topological polar surface area (TPSA) is 49.7 Å². The lowest BCUT2D eigenvalue weighted by atomic mass is 9.41. The highest BCUT2D eigenvalue weighted by Gasteiger charge is 2.63. The Balaban J connectivity index is 1.73. The smallest absolute Gasteiger partial charge is 0.0970 e. The molecule has 4 heteroatoms. The summed E-state index contributed by atoms with van der Waals surface area (Å²) in [7, 11) is 0. The van der Waals surface area contributed by atoms with Crippen molar-refractivity contribution in [1.29, 1.82) is 0 Å². The largest absolute Gasteiger partial charge is 0.512 e. The zero-order chi connectivity index (χ0) is 18.8. The minimum absolute atomic E-state index is 0.0117. The molecule has 3 nitrogen and oxygen atoms in total. The van der Waals surface area contributed by atoms with Crippen molar-refractivity contribution in [3.05, 3.63) is 11.8 Å². The van der Waals surface area contributed by atoms with Crippen LogP contribution in [0.15, 0.2) is 11.8 Å². The molecule has 1 spiro atoms. The van der Waals surface area contributed by atoms with Gasteiger partial charge in [0.15, 0.2) is 0 Å². The van der Waals surface area contributed by atoms with Crippen LogP contribution in [0, 0.1) is 34.0 Å². The van der Waals surface area contributed by atoms with Gasteiger partial charge in [-0.25, -0.2) is 0 Å². The van der Waals surface area contributed by atoms with Crippen molar-refractivity contribution in [2.45, 2.75) is 71.3 Å². The molecule has 1 saturated heterocycles. The lowest BCUT2D eigenvalue weighted by Crippen LogP contribution is -2.61. The van der Waals surface area contributed by atoms with Crippen LogP contribution in [-0.4, -0.2) is 34.8 Å². The van der Waals surface area contributed by atoms with Crippen LogP contribution in [0.4, 0.5) is 0 Å². The van der Waals surface area contributed by atoms with Gasteiger partial charge in [0.05, 0.1) is 18.0 Å². The minimum atomic E-state index is -0.510. The van der Waals surface area contributed by atoms with Gasteiger partial charge in [0.1, 0.15) is 0 Å². The van der Waals surface area contributed by atoms with Crippen LogP contribution in [0.1, 0.15) is 65.7 Å². The lowest BCUT2D eigenvalue weighted by molar-refractivity contribution is -0.180. The molecule has 2 saturated carbocycles. The fourth-order valence-corrected chi connectivity index (χ4v) is 7.84. The summed E-state index contributed by atoms with van der Waals surface area (Å²) in [6, 6.07) is 0. The first kappa shape index (κ1) is 19.1.